The maximum Gasteiger partial charge on any atom is 0.386 e. The Morgan fingerprint density at radius 3 is 1.89 bits per heavy atom. The molecule has 268 valence electrons. The molecule has 1 aromatic heterocycles. The van der Waals surface area contributed by atoms with E-state index in [0.717, 1.165) is 56.1 Å². The minimum absolute atomic E-state index is 0.0384. The Labute approximate surface area is 280 Å². The van der Waals surface area contributed by atoms with Gasteiger partial charge in [-0.05, 0) is 111 Å². The van der Waals surface area contributed by atoms with Crippen LogP contribution in [0.3, 0.4) is 0 Å². The molecule has 12 nitrogen and oxygen atoms in total. The fourth-order valence-electron chi connectivity index (χ4n) is 6.64. The van der Waals surface area contributed by atoms with E-state index < -0.39 is 0 Å². The Hall–Kier alpha value is -1.96. The zero-order valence-electron chi connectivity index (χ0n) is 31.2. The average molecular weight is 653 g/mol. The van der Waals surface area contributed by atoms with Gasteiger partial charge in [0.05, 0.1) is 12.1 Å². The third-order valence-corrected chi connectivity index (χ3v) is 9.41. The van der Waals surface area contributed by atoms with Crippen molar-refractivity contribution in [2.45, 2.75) is 150 Å². The first-order valence-electron chi connectivity index (χ1n) is 17.5. The van der Waals surface area contributed by atoms with Gasteiger partial charge in [0, 0.05) is 54.9 Å². The SMILES string of the molecule is CC(C)NCC1CC(C)(C)N(O)C1(C)C.CC(C)NCC1CN(O)C(C)(C)C1.CC(C)Nc1nc(N2CCCCC2)cc(N)[n+]1O. The number of aromatic nitrogens is 2. The molecule has 0 aliphatic carbocycles. The van der Waals surface area contributed by atoms with Gasteiger partial charge >= 0.3 is 5.95 Å². The number of nitrogens with zero attached hydrogens (tertiary/aromatic N) is 5. The molecule has 12 heteroatoms. The highest BCUT2D eigenvalue weighted by Crippen LogP contribution is 2.43. The van der Waals surface area contributed by atoms with Gasteiger partial charge in [0.25, 0.3) is 0 Å². The molecule has 4 rings (SSSR count). The largest absolute Gasteiger partial charge is 0.386 e. The van der Waals surface area contributed by atoms with Crippen molar-refractivity contribution in [1.29, 1.82) is 0 Å². The molecule has 46 heavy (non-hydrogen) atoms. The molecule has 0 saturated carbocycles. The lowest BCUT2D eigenvalue weighted by Crippen LogP contribution is -2.48. The van der Waals surface area contributed by atoms with Crippen LogP contribution in [0.15, 0.2) is 6.07 Å². The lowest BCUT2D eigenvalue weighted by atomic mass is 9.87. The smallest absolute Gasteiger partial charge is 0.382 e. The molecule has 4 heterocycles. The van der Waals surface area contributed by atoms with Crippen molar-refractivity contribution >= 4 is 17.6 Å². The third-order valence-electron chi connectivity index (χ3n) is 9.41. The summed E-state index contributed by atoms with van der Waals surface area (Å²) in [6.07, 6.45) is 5.75. The summed E-state index contributed by atoms with van der Waals surface area (Å²) < 4.78 is 0.896. The van der Waals surface area contributed by atoms with Crippen LogP contribution >= 0.6 is 0 Å². The molecule has 0 radical (unpaired) electrons. The van der Waals surface area contributed by atoms with Crippen molar-refractivity contribution in [1.82, 2.24) is 25.7 Å². The minimum Gasteiger partial charge on any atom is -0.382 e. The highest BCUT2D eigenvalue weighted by Gasteiger charge is 2.50. The molecule has 0 aromatic carbocycles. The molecule has 0 spiro atoms. The highest BCUT2D eigenvalue weighted by molar-refractivity contribution is 5.47. The maximum atomic E-state index is 10.1. The summed E-state index contributed by atoms with van der Waals surface area (Å²) in [5.74, 6) is 2.61. The Kier molecular flexibility index (Phi) is 14.8. The van der Waals surface area contributed by atoms with Gasteiger partial charge < -0.3 is 36.9 Å². The fourth-order valence-corrected chi connectivity index (χ4v) is 6.64. The molecule has 8 N–H and O–H groups in total. The number of anilines is 3. The van der Waals surface area contributed by atoms with Gasteiger partial charge in [0.2, 0.25) is 5.82 Å². The summed E-state index contributed by atoms with van der Waals surface area (Å²) in [6, 6.07) is 2.95. The number of nitrogen functional groups attached to an aromatic ring is 1. The Bertz CT molecular complexity index is 1060. The van der Waals surface area contributed by atoms with E-state index in [1.807, 2.05) is 13.8 Å². The monoisotopic (exact) mass is 653 g/mol. The number of nitrogens with one attached hydrogen (secondary N) is 3. The summed E-state index contributed by atoms with van der Waals surface area (Å²) in [6.45, 7) is 30.0. The maximum absolute atomic E-state index is 10.1. The number of rotatable bonds is 9. The number of nitrogens with two attached hydrogens (primary N) is 1. The van der Waals surface area contributed by atoms with Crippen molar-refractivity contribution in [3.05, 3.63) is 6.07 Å². The average Bonchev–Trinajstić information content (AvgIpc) is 3.31. The lowest BCUT2D eigenvalue weighted by Gasteiger charge is -2.36. The second kappa shape index (κ2) is 16.9. The predicted molar refractivity (Wildman–Crippen MR) is 188 cm³/mol. The normalized spacial score (nSPS) is 24.2. The zero-order chi connectivity index (χ0) is 35.0. The van der Waals surface area contributed by atoms with Crippen LogP contribution in [0.25, 0.3) is 0 Å². The molecule has 2 unspecified atom stereocenters. The van der Waals surface area contributed by atoms with Crippen LogP contribution < -0.4 is 31.3 Å². The first-order chi connectivity index (χ1) is 21.2. The Morgan fingerprint density at radius 2 is 1.43 bits per heavy atom. The van der Waals surface area contributed by atoms with Gasteiger partial charge in [-0.15, -0.1) is 0 Å². The number of piperidine rings is 1. The topological polar surface area (TPSA) is 149 Å². The number of hydrogen-bond donors (Lipinski definition) is 7. The van der Waals surface area contributed by atoms with Crippen LogP contribution in [0.1, 0.15) is 115 Å². The fraction of sp³-hybridized carbons (Fsp3) is 0.882. The third kappa shape index (κ3) is 11.6. The molecule has 0 bridgehead atoms. The molecule has 0 amide bonds. The molecule has 2 atom stereocenters. The van der Waals surface area contributed by atoms with E-state index in [-0.39, 0.29) is 22.7 Å². The van der Waals surface area contributed by atoms with Crippen LogP contribution in [-0.2, 0) is 0 Å². The summed E-state index contributed by atoms with van der Waals surface area (Å²) in [5, 5.41) is 42.5. The molecular formula is C34H70N9O3+. The standard InChI is InChI=1S/C12H21N5O.C12H26N2O.C10H22N2O/c1-9(2)14-12-15-11(8-10(13)17(12)18)16-6-4-3-5-7-16;1-9(2)13-8-10-7-11(3,4)14(15)12(10,5)6;1-8(2)11-6-9-5-10(3,4)12(13)7-9/h8-9,18H,3-7H2,1-2H3,(H2,13,14,15);9-10,13,15H,7-8H2,1-6H3;8-9,11,13H,5-7H2,1-4H3/p+1. The summed E-state index contributed by atoms with van der Waals surface area (Å²) in [7, 11) is 0. The van der Waals surface area contributed by atoms with Gasteiger partial charge in [0.15, 0.2) is 5.82 Å². The molecular weight excluding hydrogens is 582 g/mol. The Morgan fingerprint density at radius 1 is 0.870 bits per heavy atom. The first-order valence-corrected chi connectivity index (χ1v) is 17.5. The van der Waals surface area contributed by atoms with Crippen molar-refractivity contribution < 1.29 is 20.4 Å². The second-order valence-corrected chi connectivity index (χ2v) is 16.3. The van der Waals surface area contributed by atoms with Gasteiger partial charge in [0.1, 0.15) is 0 Å². The summed E-state index contributed by atoms with van der Waals surface area (Å²) in [5.41, 5.74) is 5.53. The van der Waals surface area contributed by atoms with Crippen LogP contribution in [0.4, 0.5) is 17.6 Å². The first kappa shape index (κ1) is 40.2. The Balaban J connectivity index is 0.000000244. The molecule has 3 aliphatic rings. The number of hydrogen-bond acceptors (Lipinski definition) is 11. The second-order valence-electron chi connectivity index (χ2n) is 16.3. The van der Waals surface area contributed by atoms with Crippen molar-refractivity contribution in [3.63, 3.8) is 0 Å². The highest BCUT2D eigenvalue weighted by atomic mass is 16.5. The van der Waals surface area contributed by atoms with Crippen LogP contribution in [0.2, 0.25) is 0 Å². The molecule has 3 saturated heterocycles. The zero-order valence-corrected chi connectivity index (χ0v) is 31.2. The van der Waals surface area contributed by atoms with Gasteiger partial charge in [-0.1, -0.05) is 32.7 Å². The van der Waals surface area contributed by atoms with E-state index in [4.69, 9.17) is 5.73 Å². The lowest BCUT2D eigenvalue weighted by molar-refractivity contribution is -0.883. The molecule has 1 aromatic rings. The van der Waals surface area contributed by atoms with Crippen molar-refractivity contribution in [2.24, 2.45) is 11.8 Å². The quantitative estimate of drug-likeness (QED) is 0.147. The van der Waals surface area contributed by atoms with Gasteiger partial charge in [-0.2, -0.15) is 10.1 Å². The van der Waals surface area contributed by atoms with Crippen molar-refractivity contribution in [2.75, 3.05) is 48.7 Å². The predicted octanol–water partition coefficient (Wildman–Crippen LogP) is 4.73. The van der Waals surface area contributed by atoms with Crippen LogP contribution in [-0.4, -0.2) is 98.2 Å². The van der Waals surface area contributed by atoms with E-state index in [1.165, 1.54) is 29.4 Å². The van der Waals surface area contributed by atoms with Gasteiger partial charge in [-0.3, -0.25) is 5.32 Å². The van der Waals surface area contributed by atoms with Crippen LogP contribution in [0, 0.1) is 11.8 Å². The van der Waals surface area contributed by atoms with Crippen LogP contribution in [0.5, 0.6) is 0 Å². The van der Waals surface area contributed by atoms with Gasteiger partial charge in [-0.25, -0.2) is 0 Å². The van der Waals surface area contributed by atoms with E-state index in [2.05, 4.69) is 95.1 Å². The van der Waals surface area contributed by atoms with Crippen molar-refractivity contribution in [3.8, 4) is 0 Å². The summed E-state index contributed by atoms with van der Waals surface area (Å²) in [4.78, 5) is 6.66. The van der Waals surface area contributed by atoms with E-state index in [9.17, 15) is 15.6 Å². The molecule has 3 aliphatic heterocycles. The summed E-state index contributed by atoms with van der Waals surface area (Å²) >= 11 is 0. The van der Waals surface area contributed by atoms with E-state index in [1.54, 1.807) is 6.07 Å². The number of hydroxylamine groups is 4. The molecule has 3 fully saturated rings. The van der Waals surface area contributed by atoms with E-state index in [0.29, 0.717) is 35.7 Å². The minimum atomic E-state index is -0.134. The van der Waals surface area contributed by atoms with E-state index >= 15 is 0 Å².